The van der Waals surface area contributed by atoms with E-state index in [1.165, 1.54) is 0 Å². The number of hydrogen-bond donors (Lipinski definition) is 2. The SMILES string of the molecule is CC(CC(=O)NC1CCS(=O)(=O)c2ccccc21)C1CCNCC1. The van der Waals surface area contributed by atoms with E-state index in [-0.39, 0.29) is 17.7 Å². The number of piperidine rings is 1. The zero-order valence-corrected chi connectivity index (χ0v) is 14.9. The van der Waals surface area contributed by atoms with Gasteiger partial charge in [0.05, 0.1) is 16.7 Å². The summed E-state index contributed by atoms with van der Waals surface area (Å²) in [5.74, 6) is 1.07. The van der Waals surface area contributed by atoms with Crippen molar-refractivity contribution in [2.75, 3.05) is 18.8 Å². The summed E-state index contributed by atoms with van der Waals surface area (Å²) in [6.45, 7) is 4.21. The highest BCUT2D eigenvalue weighted by atomic mass is 32.2. The van der Waals surface area contributed by atoms with E-state index in [2.05, 4.69) is 17.6 Å². The number of rotatable bonds is 4. The smallest absolute Gasteiger partial charge is 0.220 e. The first kappa shape index (κ1) is 17.4. The summed E-state index contributed by atoms with van der Waals surface area (Å²) in [6, 6.07) is 6.82. The van der Waals surface area contributed by atoms with Crippen molar-refractivity contribution in [2.24, 2.45) is 11.8 Å². The molecular formula is C18H26N2O3S. The average Bonchev–Trinajstić information content (AvgIpc) is 2.58. The van der Waals surface area contributed by atoms with Crippen LogP contribution in [0.3, 0.4) is 0 Å². The Balaban J connectivity index is 1.64. The van der Waals surface area contributed by atoms with Gasteiger partial charge in [0.2, 0.25) is 5.91 Å². The van der Waals surface area contributed by atoms with Crippen LogP contribution in [0, 0.1) is 11.8 Å². The molecule has 0 aromatic heterocycles. The van der Waals surface area contributed by atoms with Crippen LogP contribution in [0.4, 0.5) is 0 Å². The van der Waals surface area contributed by atoms with Gasteiger partial charge in [0.1, 0.15) is 0 Å². The number of hydrogen-bond acceptors (Lipinski definition) is 4. The van der Waals surface area contributed by atoms with E-state index in [9.17, 15) is 13.2 Å². The van der Waals surface area contributed by atoms with E-state index in [0.29, 0.717) is 29.6 Å². The van der Waals surface area contributed by atoms with Crippen LogP contribution >= 0.6 is 0 Å². The van der Waals surface area contributed by atoms with Crippen molar-refractivity contribution >= 4 is 15.7 Å². The van der Waals surface area contributed by atoms with Crippen molar-refractivity contribution < 1.29 is 13.2 Å². The van der Waals surface area contributed by atoms with E-state index in [4.69, 9.17) is 0 Å². The van der Waals surface area contributed by atoms with Crippen LogP contribution in [0.5, 0.6) is 0 Å². The van der Waals surface area contributed by atoms with Gasteiger partial charge in [-0.2, -0.15) is 0 Å². The van der Waals surface area contributed by atoms with E-state index in [1.54, 1.807) is 12.1 Å². The molecule has 1 amide bonds. The summed E-state index contributed by atoms with van der Waals surface area (Å²) in [5, 5.41) is 6.41. The Morgan fingerprint density at radius 3 is 2.71 bits per heavy atom. The molecule has 132 valence electrons. The number of fused-ring (bicyclic) bond motifs is 1. The lowest BCUT2D eigenvalue weighted by molar-refractivity contribution is -0.123. The van der Waals surface area contributed by atoms with Crippen molar-refractivity contribution in [3.63, 3.8) is 0 Å². The molecule has 0 aliphatic carbocycles. The number of carbonyl (C=O) groups excluding carboxylic acids is 1. The van der Waals surface area contributed by atoms with E-state index in [0.717, 1.165) is 31.5 Å². The van der Waals surface area contributed by atoms with Gasteiger partial charge in [0.25, 0.3) is 0 Å². The van der Waals surface area contributed by atoms with Crippen molar-refractivity contribution in [1.82, 2.24) is 10.6 Å². The summed E-state index contributed by atoms with van der Waals surface area (Å²) >= 11 is 0. The molecular weight excluding hydrogens is 324 g/mol. The topological polar surface area (TPSA) is 75.3 Å². The molecule has 0 saturated carbocycles. The third kappa shape index (κ3) is 3.81. The van der Waals surface area contributed by atoms with Gasteiger partial charge < -0.3 is 10.6 Å². The van der Waals surface area contributed by atoms with Gasteiger partial charge in [-0.05, 0) is 55.8 Å². The second kappa shape index (κ2) is 7.23. The maximum atomic E-state index is 12.5. The molecule has 1 saturated heterocycles. The second-order valence-corrected chi connectivity index (χ2v) is 9.11. The zero-order chi connectivity index (χ0) is 17.2. The summed E-state index contributed by atoms with van der Waals surface area (Å²) < 4.78 is 24.3. The van der Waals surface area contributed by atoms with Gasteiger partial charge in [-0.25, -0.2) is 8.42 Å². The summed E-state index contributed by atoms with van der Waals surface area (Å²) in [4.78, 5) is 12.8. The number of amides is 1. The normalized spacial score (nSPS) is 24.8. The predicted molar refractivity (Wildman–Crippen MR) is 93.4 cm³/mol. The molecule has 2 aliphatic rings. The molecule has 0 bridgehead atoms. The molecule has 1 fully saturated rings. The molecule has 5 nitrogen and oxygen atoms in total. The number of benzene rings is 1. The van der Waals surface area contributed by atoms with Crippen LogP contribution in [0.2, 0.25) is 0 Å². The Hall–Kier alpha value is -1.40. The third-order valence-electron chi connectivity index (χ3n) is 5.34. The van der Waals surface area contributed by atoms with Gasteiger partial charge in [-0.15, -0.1) is 0 Å². The van der Waals surface area contributed by atoms with Crippen LogP contribution in [0.25, 0.3) is 0 Å². The summed E-state index contributed by atoms with van der Waals surface area (Å²) in [6.07, 6.45) is 3.21. The largest absolute Gasteiger partial charge is 0.349 e. The monoisotopic (exact) mass is 350 g/mol. The molecule has 0 spiro atoms. The lowest BCUT2D eigenvalue weighted by Gasteiger charge is -2.29. The van der Waals surface area contributed by atoms with Crippen molar-refractivity contribution in [1.29, 1.82) is 0 Å². The van der Waals surface area contributed by atoms with Gasteiger partial charge in [0, 0.05) is 6.42 Å². The Kier molecular flexibility index (Phi) is 5.25. The van der Waals surface area contributed by atoms with Crippen molar-refractivity contribution in [3.05, 3.63) is 29.8 Å². The fraction of sp³-hybridized carbons (Fsp3) is 0.611. The number of carbonyl (C=O) groups is 1. The van der Waals surface area contributed by atoms with Crippen molar-refractivity contribution in [2.45, 2.75) is 43.5 Å². The quantitative estimate of drug-likeness (QED) is 0.871. The predicted octanol–water partition coefficient (Wildman–Crippen LogP) is 2.05. The zero-order valence-electron chi connectivity index (χ0n) is 14.1. The fourth-order valence-electron chi connectivity index (χ4n) is 3.87. The molecule has 1 aromatic carbocycles. The van der Waals surface area contributed by atoms with Gasteiger partial charge in [0.15, 0.2) is 9.84 Å². The minimum atomic E-state index is -3.21. The maximum absolute atomic E-state index is 12.5. The average molecular weight is 350 g/mol. The first-order chi connectivity index (χ1) is 11.5. The molecule has 2 aliphatic heterocycles. The third-order valence-corrected chi connectivity index (χ3v) is 7.15. The maximum Gasteiger partial charge on any atom is 0.220 e. The highest BCUT2D eigenvalue weighted by Crippen LogP contribution is 2.32. The molecule has 2 unspecified atom stereocenters. The molecule has 2 N–H and O–H groups in total. The van der Waals surface area contributed by atoms with Crippen LogP contribution in [-0.2, 0) is 14.6 Å². The van der Waals surface area contributed by atoms with E-state index >= 15 is 0 Å². The molecule has 2 atom stereocenters. The van der Waals surface area contributed by atoms with E-state index in [1.807, 2.05) is 12.1 Å². The molecule has 2 heterocycles. The number of sulfone groups is 1. The molecule has 24 heavy (non-hydrogen) atoms. The first-order valence-electron chi connectivity index (χ1n) is 8.79. The molecule has 1 aromatic rings. The summed E-state index contributed by atoms with van der Waals surface area (Å²) in [5.41, 5.74) is 0.728. The Labute approximate surface area is 144 Å². The lowest BCUT2D eigenvalue weighted by atomic mass is 9.84. The molecule has 6 heteroatoms. The molecule has 0 radical (unpaired) electrons. The highest BCUT2D eigenvalue weighted by molar-refractivity contribution is 7.91. The first-order valence-corrected chi connectivity index (χ1v) is 10.4. The van der Waals surface area contributed by atoms with Gasteiger partial charge in [-0.3, -0.25) is 4.79 Å². The van der Waals surface area contributed by atoms with Crippen molar-refractivity contribution in [3.8, 4) is 0 Å². The highest BCUT2D eigenvalue weighted by Gasteiger charge is 2.31. The Morgan fingerprint density at radius 2 is 1.96 bits per heavy atom. The minimum absolute atomic E-state index is 0.0279. The Morgan fingerprint density at radius 1 is 1.25 bits per heavy atom. The minimum Gasteiger partial charge on any atom is -0.349 e. The van der Waals surface area contributed by atoms with Crippen LogP contribution in [-0.4, -0.2) is 33.2 Å². The van der Waals surface area contributed by atoms with Gasteiger partial charge >= 0.3 is 0 Å². The number of nitrogens with one attached hydrogen (secondary N) is 2. The second-order valence-electron chi connectivity index (χ2n) is 7.03. The fourth-order valence-corrected chi connectivity index (χ4v) is 5.49. The standard InChI is InChI=1S/C18H26N2O3S/c1-13(14-6-9-19-10-7-14)12-18(21)20-16-8-11-24(22,23)17-5-3-2-4-15(16)17/h2-5,13-14,16,19H,6-12H2,1H3,(H,20,21). The van der Waals surface area contributed by atoms with Crippen LogP contribution in [0.15, 0.2) is 29.2 Å². The molecule has 3 rings (SSSR count). The summed E-state index contributed by atoms with van der Waals surface area (Å²) in [7, 11) is -3.21. The Bertz CT molecular complexity index is 696. The van der Waals surface area contributed by atoms with Gasteiger partial charge in [-0.1, -0.05) is 25.1 Å². The van der Waals surface area contributed by atoms with E-state index < -0.39 is 9.84 Å². The van der Waals surface area contributed by atoms with Crippen LogP contribution < -0.4 is 10.6 Å². The van der Waals surface area contributed by atoms with Crippen LogP contribution in [0.1, 0.15) is 44.2 Å². The lowest BCUT2D eigenvalue weighted by Crippen LogP contribution is -2.36.